The van der Waals surface area contributed by atoms with E-state index in [2.05, 4.69) is 18.8 Å². The highest BCUT2D eigenvalue weighted by molar-refractivity contribution is 5.14. The lowest BCUT2D eigenvalue weighted by molar-refractivity contribution is 0.0676. The molecule has 1 unspecified atom stereocenters. The van der Waals surface area contributed by atoms with Gasteiger partial charge >= 0.3 is 0 Å². The Morgan fingerprint density at radius 2 is 2.00 bits per heavy atom. The number of benzene rings is 1. The molecule has 1 aromatic rings. The molecule has 0 aliphatic heterocycles. The fourth-order valence-corrected chi connectivity index (χ4v) is 1.70. The van der Waals surface area contributed by atoms with Gasteiger partial charge in [-0.15, -0.1) is 5.92 Å². The number of hydrogen-bond acceptors (Lipinski definition) is 2. The molecule has 0 aliphatic carbocycles. The van der Waals surface area contributed by atoms with Crippen LogP contribution in [0.25, 0.3) is 0 Å². The van der Waals surface area contributed by atoms with E-state index in [0.717, 1.165) is 31.2 Å². The Morgan fingerprint density at radius 1 is 1.21 bits per heavy atom. The summed E-state index contributed by atoms with van der Waals surface area (Å²) in [5.74, 6) is 6.35. The monoisotopic (exact) mass is 260 g/mol. The predicted octanol–water partition coefficient (Wildman–Crippen LogP) is 3.54. The van der Waals surface area contributed by atoms with Crippen LogP contribution in [0.15, 0.2) is 30.3 Å². The Kier molecular flexibility index (Phi) is 8.80. The van der Waals surface area contributed by atoms with E-state index < -0.39 is 0 Å². The molecule has 0 aromatic heterocycles. The van der Waals surface area contributed by atoms with E-state index in [4.69, 9.17) is 9.84 Å². The van der Waals surface area contributed by atoms with Gasteiger partial charge in [0.1, 0.15) is 6.10 Å². The molecular weight excluding hydrogens is 236 g/mol. The van der Waals surface area contributed by atoms with Gasteiger partial charge in [-0.1, -0.05) is 49.6 Å². The first kappa shape index (κ1) is 15.8. The first-order valence-corrected chi connectivity index (χ1v) is 7.11. The fourth-order valence-electron chi connectivity index (χ4n) is 1.70. The Hall–Kier alpha value is -1.30. The third-order valence-electron chi connectivity index (χ3n) is 2.84. The number of hydrogen-bond donors (Lipinski definition) is 1. The molecule has 0 fully saturated rings. The van der Waals surface area contributed by atoms with E-state index in [-0.39, 0.29) is 12.7 Å². The largest absolute Gasteiger partial charge is 0.396 e. The second-order valence-electron chi connectivity index (χ2n) is 4.58. The van der Waals surface area contributed by atoms with Crippen molar-refractivity contribution in [1.29, 1.82) is 0 Å². The molecule has 2 heteroatoms. The topological polar surface area (TPSA) is 29.5 Å². The predicted molar refractivity (Wildman–Crippen MR) is 78.6 cm³/mol. The Labute approximate surface area is 116 Å². The molecular formula is C17H24O2. The van der Waals surface area contributed by atoms with Crippen molar-refractivity contribution in [3.05, 3.63) is 35.9 Å². The Bertz CT molecular complexity index is 375. The highest BCUT2D eigenvalue weighted by Crippen LogP contribution is 2.07. The van der Waals surface area contributed by atoms with Crippen LogP contribution >= 0.6 is 0 Å². The van der Waals surface area contributed by atoms with E-state index in [1.165, 1.54) is 6.42 Å². The van der Waals surface area contributed by atoms with E-state index in [1.54, 1.807) is 0 Å². The summed E-state index contributed by atoms with van der Waals surface area (Å²) < 4.78 is 5.83. The molecule has 104 valence electrons. The molecule has 0 saturated carbocycles. The minimum absolute atomic E-state index is 0.0655. The first-order valence-electron chi connectivity index (χ1n) is 7.11. The molecule has 0 radical (unpaired) electrons. The lowest BCUT2D eigenvalue weighted by Gasteiger charge is -2.11. The zero-order valence-electron chi connectivity index (χ0n) is 11.8. The van der Waals surface area contributed by atoms with Crippen LogP contribution in [0.4, 0.5) is 0 Å². The minimum atomic E-state index is -0.0655. The zero-order valence-corrected chi connectivity index (χ0v) is 11.8. The summed E-state index contributed by atoms with van der Waals surface area (Å²) in [4.78, 5) is 0. The van der Waals surface area contributed by atoms with Gasteiger partial charge in [-0.3, -0.25) is 0 Å². The highest BCUT2D eigenvalue weighted by Gasteiger charge is 2.05. The molecule has 1 N–H and O–H groups in total. The van der Waals surface area contributed by atoms with Gasteiger partial charge in [-0.2, -0.15) is 0 Å². The summed E-state index contributed by atoms with van der Waals surface area (Å²) in [7, 11) is 0. The van der Waals surface area contributed by atoms with Crippen LogP contribution in [-0.2, 0) is 11.3 Å². The van der Waals surface area contributed by atoms with Gasteiger partial charge in [0, 0.05) is 13.0 Å². The highest BCUT2D eigenvalue weighted by atomic mass is 16.5. The fraction of sp³-hybridized carbons (Fsp3) is 0.529. The molecule has 0 spiro atoms. The number of aliphatic hydroxyl groups is 1. The summed E-state index contributed by atoms with van der Waals surface area (Å²) in [5, 5.41) is 8.91. The van der Waals surface area contributed by atoms with Crippen LogP contribution in [0.2, 0.25) is 0 Å². The van der Waals surface area contributed by atoms with Crippen molar-refractivity contribution in [1.82, 2.24) is 0 Å². The summed E-state index contributed by atoms with van der Waals surface area (Å²) in [6.07, 6.45) is 4.70. The summed E-state index contributed by atoms with van der Waals surface area (Å²) in [6.45, 7) is 2.94. The van der Waals surface area contributed by atoms with Crippen LogP contribution in [0.5, 0.6) is 0 Å². The van der Waals surface area contributed by atoms with E-state index in [9.17, 15) is 0 Å². The van der Waals surface area contributed by atoms with Crippen molar-refractivity contribution in [2.24, 2.45) is 0 Å². The summed E-state index contributed by atoms with van der Waals surface area (Å²) in [6, 6.07) is 10.1. The average Bonchev–Trinajstić information content (AvgIpc) is 2.46. The second-order valence-corrected chi connectivity index (χ2v) is 4.58. The quantitative estimate of drug-likeness (QED) is 0.572. The maximum Gasteiger partial charge on any atom is 0.118 e. The molecule has 1 aromatic carbocycles. The van der Waals surface area contributed by atoms with Gasteiger partial charge in [-0.25, -0.2) is 0 Å². The molecule has 0 heterocycles. The number of ether oxygens (including phenoxy) is 1. The molecule has 0 saturated heterocycles. The molecule has 1 rings (SSSR count). The zero-order chi connectivity index (χ0) is 13.8. The van der Waals surface area contributed by atoms with Gasteiger partial charge in [0.15, 0.2) is 0 Å². The van der Waals surface area contributed by atoms with Gasteiger partial charge in [-0.05, 0) is 24.8 Å². The Balaban J connectivity index is 2.41. The van der Waals surface area contributed by atoms with Crippen LogP contribution in [0.3, 0.4) is 0 Å². The minimum Gasteiger partial charge on any atom is -0.396 e. The number of unbranched alkanes of at least 4 members (excludes halogenated alkanes) is 2. The van der Waals surface area contributed by atoms with Gasteiger partial charge in [0.05, 0.1) is 6.61 Å². The SMILES string of the molecule is CCCCC#CC(CCCO)OCc1ccccc1. The molecule has 1 atom stereocenters. The van der Waals surface area contributed by atoms with Crippen LogP contribution < -0.4 is 0 Å². The smallest absolute Gasteiger partial charge is 0.118 e. The third-order valence-corrected chi connectivity index (χ3v) is 2.84. The molecule has 2 nitrogen and oxygen atoms in total. The van der Waals surface area contributed by atoms with E-state index >= 15 is 0 Å². The Morgan fingerprint density at radius 3 is 2.68 bits per heavy atom. The van der Waals surface area contributed by atoms with Crippen molar-refractivity contribution in [3.63, 3.8) is 0 Å². The third kappa shape index (κ3) is 7.66. The van der Waals surface area contributed by atoms with Gasteiger partial charge < -0.3 is 9.84 Å². The lowest BCUT2D eigenvalue weighted by Crippen LogP contribution is -2.11. The molecule has 0 aliphatic rings. The van der Waals surface area contributed by atoms with Crippen molar-refractivity contribution in [2.45, 2.75) is 51.7 Å². The van der Waals surface area contributed by atoms with Crippen molar-refractivity contribution in [3.8, 4) is 11.8 Å². The molecule has 0 amide bonds. The van der Waals surface area contributed by atoms with Crippen molar-refractivity contribution >= 4 is 0 Å². The maximum absolute atomic E-state index is 8.91. The maximum atomic E-state index is 8.91. The van der Waals surface area contributed by atoms with E-state index in [1.807, 2.05) is 30.3 Å². The lowest BCUT2D eigenvalue weighted by atomic mass is 10.2. The van der Waals surface area contributed by atoms with Crippen LogP contribution in [0.1, 0.15) is 44.6 Å². The summed E-state index contributed by atoms with van der Waals surface area (Å²) >= 11 is 0. The molecule has 0 bridgehead atoms. The van der Waals surface area contributed by atoms with Gasteiger partial charge in [0.2, 0.25) is 0 Å². The van der Waals surface area contributed by atoms with Gasteiger partial charge in [0.25, 0.3) is 0 Å². The number of rotatable bonds is 8. The van der Waals surface area contributed by atoms with Crippen molar-refractivity contribution < 1.29 is 9.84 Å². The normalized spacial score (nSPS) is 11.7. The van der Waals surface area contributed by atoms with Crippen LogP contribution in [-0.4, -0.2) is 17.8 Å². The average molecular weight is 260 g/mol. The summed E-state index contributed by atoms with van der Waals surface area (Å²) in [5.41, 5.74) is 1.16. The van der Waals surface area contributed by atoms with Crippen LogP contribution in [0, 0.1) is 11.8 Å². The molecule has 19 heavy (non-hydrogen) atoms. The van der Waals surface area contributed by atoms with E-state index in [0.29, 0.717) is 6.61 Å². The second kappa shape index (κ2) is 10.6. The standard InChI is InChI=1S/C17H24O2/c1-2-3-4-8-12-17(13-9-14-18)19-15-16-10-6-5-7-11-16/h5-7,10-11,17-18H,2-4,9,13-15H2,1H3. The first-order chi connectivity index (χ1) is 9.36. The van der Waals surface area contributed by atoms with Crippen molar-refractivity contribution in [2.75, 3.05) is 6.61 Å². The number of aliphatic hydroxyl groups excluding tert-OH is 1.